The minimum atomic E-state index is -0.578. The van der Waals surface area contributed by atoms with Gasteiger partial charge in [-0.05, 0) is 24.6 Å². The van der Waals surface area contributed by atoms with Gasteiger partial charge in [0.25, 0.3) is 5.56 Å². The molecular formula is C21H18ClFN6O2. The van der Waals surface area contributed by atoms with Crippen molar-refractivity contribution in [1.29, 1.82) is 0 Å². The van der Waals surface area contributed by atoms with Gasteiger partial charge in [-0.1, -0.05) is 47.5 Å². The highest BCUT2D eigenvalue weighted by molar-refractivity contribution is 6.33. The van der Waals surface area contributed by atoms with Crippen LogP contribution < -0.4 is 16.7 Å². The van der Waals surface area contributed by atoms with Crippen molar-refractivity contribution < 1.29 is 4.39 Å². The number of nitrogens with one attached hydrogen (secondary N) is 2. The van der Waals surface area contributed by atoms with E-state index in [2.05, 4.69) is 20.5 Å². The number of hydrogen-bond acceptors (Lipinski definition) is 5. The highest BCUT2D eigenvalue weighted by atomic mass is 35.5. The Labute approximate surface area is 180 Å². The molecule has 0 aliphatic heterocycles. The summed E-state index contributed by atoms with van der Waals surface area (Å²) >= 11 is 6.02. The van der Waals surface area contributed by atoms with Crippen LogP contribution in [0.3, 0.4) is 0 Å². The van der Waals surface area contributed by atoms with Gasteiger partial charge in [-0.2, -0.15) is 10.1 Å². The minimum absolute atomic E-state index is 0.114. The number of hydrazone groups is 1. The van der Waals surface area contributed by atoms with E-state index in [1.807, 2.05) is 31.2 Å². The number of halogens is 2. The number of nitrogens with zero attached hydrogens (tertiary/aromatic N) is 4. The summed E-state index contributed by atoms with van der Waals surface area (Å²) in [7, 11) is 1.51. The largest absolute Gasteiger partial charge is 0.329 e. The highest BCUT2D eigenvalue weighted by Gasteiger charge is 2.17. The Morgan fingerprint density at radius 1 is 1.26 bits per heavy atom. The average Bonchev–Trinajstić information content (AvgIpc) is 3.07. The van der Waals surface area contributed by atoms with E-state index in [-0.39, 0.29) is 27.7 Å². The average molecular weight is 441 g/mol. The number of rotatable bonds is 5. The van der Waals surface area contributed by atoms with E-state index in [9.17, 15) is 14.0 Å². The van der Waals surface area contributed by atoms with Gasteiger partial charge >= 0.3 is 5.69 Å². The number of imidazole rings is 1. The van der Waals surface area contributed by atoms with Crippen LogP contribution in [0.2, 0.25) is 5.02 Å². The number of benzene rings is 2. The molecule has 10 heteroatoms. The first-order valence-electron chi connectivity index (χ1n) is 9.33. The lowest BCUT2D eigenvalue weighted by atomic mass is 10.1. The van der Waals surface area contributed by atoms with Crippen molar-refractivity contribution in [2.45, 2.75) is 13.5 Å². The molecule has 0 saturated carbocycles. The third-order valence-corrected chi connectivity index (χ3v) is 5.12. The third-order valence-electron chi connectivity index (χ3n) is 4.79. The van der Waals surface area contributed by atoms with Crippen molar-refractivity contribution in [3.8, 4) is 0 Å². The van der Waals surface area contributed by atoms with Gasteiger partial charge in [0, 0.05) is 12.6 Å². The van der Waals surface area contributed by atoms with E-state index in [1.165, 1.54) is 30.0 Å². The van der Waals surface area contributed by atoms with Gasteiger partial charge in [0.05, 0.1) is 17.8 Å². The van der Waals surface area contributed by atoms with Crippen LogP contribution in [0, 0.1) is 12.7 Å². The summed E-state index contributed by atoms with van der Waals surface area (Å²) in [6.07, 6.45) is 1.23. The number of aromatic amines is 1. The first-order valence-corrected chi connectivity index (χ1v) is 9.71. The second-order valence-corrected chi connectivity index (χ2v) is 7.41. The fourth-order valence-electron chi connectivity index (χ4n) is 3.26. The predicted octanol–water partition coefficient (Wildman–Crippen LogP) is 3.02. The van der Waals surface area contributed by atoms with Crippen molar-refractivity contribution in [3.05, 3.63) is 90.8 Å². The second kappa shape index (κ2) is 8.19. The predicted molar refractivity (Wildman–Crippen MR) is 119 cm³/mol. The van der Waals surface area contributed by atoms with Crippen LogP contribution in [0.5, 0.6) is 0 Å². The normalized spacial score (nSPS) is 11.5. The molecule has 0 radical (unpaired) electrons. The maximum Gasteiger partial charge on any atom is 0.329 e. The molecule has 4 aromatic rings. The Bertz CT molecular complexity index is 1420. The number of aryl methyl sites for hydroxylation is 2. The molecular weight excluding hydrogens is 423 g/mol. The van der Waals surface area contributed by atoms with Crippen LogP contribution >= 0.6 is 11.6 Å². The second-order valence-electron chi connectivity index (χ2n) is 7.01. The smallest absolute Gasteiger partial charge is 0.298 e. The highest BCUT2D eigenvalue weighted by Crippen LogP contribution is 2.19. The summed E-state index contributed by atoms with van der Waals surface area (Å²) in [4.78, 5) is 31.2. The Morgan fingerprint density at radius 2 is 2.03 bits per heavy atom. The molecule has 158 valence electrons. The molecule has 0 aliphatic rings. The molecule has 0 spiro atoms. The Balaban J connectivity index is 1.81. The zero-order valence-electron chi connectivity index (χ0n) is 16.7. The summed E-state index contributed by atoms with van der Waals surface area (Å²) in [5.74, 6) is -0.308. The van der Waals surface area contributed by atoms with Gasteiger partial charge in [0.15, 0.2) is 11.2 Å². The molecule has 2 N–H and O–H groups in total. The van der Waals surface area contributed by atoms with E-state index < -0.39 is 17.1 Å². The lowest BCUT2D eigenvalue weighted by Crippen LogP contribution is -2.29. The van der Waals surface area contributed by atoms with Gasteiger partial charge in [-0.25, -0.2) is 14.6 Å². The topological polar surface area (TPSA) is 97.1 Å². The molecule has 0 aliphatic carbocycles. The molecule has 0 fully saturated rings. The van der Waals surface area contributed by atoms with E-state index in [4.69, 9.17) is 11.6 Å². The molecule has 4 rings (SSSR count). The number of aromatic nitrogens is 4. The van der Waals surface area contributed by atoms with Crippen molar-refractivity contribution in [2.75, 3.05) is 5.43 Å². The number of anilines is 1. The monoisotopic (exact) mass is 440 g/mol. The number of hydrogen-bond donors (Lipinski definition) is 2. The summed E-state index contributed by atoms with van der Waals surface area (Å²) in [5, 5.41) is 4.25. The molecule has 31 heavy (non-hydrogen) atoms. The van der Waals surface area contributed by atoms with Crippen molar-refractivity contribution in [1.82, 2.24) is 19.1 Å². The summed E-state index contributed by atoms with van der Waals surface area (Å²) in [6, 6.07) is 12.1. The summed E-state index contributed by atoms with van der Waals surface area (Å²) < 4.78 is 16.8. The fourth-order valence-corrected chi connectivity index (χ4v) is 3.47. The van der Waals surface area contributed by atoms with Gasteiger partial charge < -0.3 is 0 Å². The Hall–Kier alpha value is -3.72. The molecule has 2 aromatic heterocycles. The molecule has 0 amide bonds. The maximum absolute atomic E-state index is 14.0. The van der Waals surface area contributed by atoms with Crippen LogP contribution in [0.4, 0.5) is 10.3 Å². The third kappa shape index (κ3) is 3.99. The molecule has 0 unspecified atom stereocenters. The fraction of sp³-hybridized carbons (Fsp3) is 0.143. The lowest BCUT2D eigenvalue weighted by Gasteiger charge is -2.09. The first-order chi connectivity index (χ1) is 14.8. The first kappa shape index (κ1) is 20.5. The maximum atomic E-state index is 14.0. The van der Waals surface area contributed by atoms with E-state index in [0.717, 1.165) is 11.1 Å². The summed E-state index contributed by atoms with van der Waals surface area (Å²) in [5.41, 5.74) is 4.11. The van der Waals surface area contributed by atoms with Crippen LogP contribution in [0.25, 0.3) is 11.2 Å². The minimum Gasteiger partial charge on any atom is -0.298 e. The van der Waals surface area contributed by atoms with E-state index in [1.54, 1.807) is 10.6 Å². The molecule has 8 nitrogen and oxygen atoms in total. The van der Waals surface area contributed by atoms with Crippen LogP contribution in [0.1, 0.15) is 16.7 Å². The standard InChI is InChI=1S/C21H18ClFN6O2/c1-12-5-3-6-13(9-12)11-29-17-18(28(2)21(31)26-19(17)30)25-20(29)27-24-10-14-15(22)7-4-8-16(14)23/h3-10H,11H2,1-2H3,(H,25,27)(H,26,30,31)/b24-10-. The van der Waals surface area contributed by atoms with Crippen molar-refractivity contribution in [3.63, 3.8) is 0 Å². The molecule has 2 aromatic carbocycles. The van der Waals surface area contributed by atoms with Crippen LogP contribution in [-0.2, 0) is 13.6 Å². The van der Waals surface area contributed by atoms with Gasteiger partial charge in [0.1, 0.15) is 5.82 Å². The summed E-state index contributed by atoms with van der Waals surface area (Å²) in [6.45, 7) is 2.27. The van der Waals surface area contributed by atoms with Gasteiger partial charge in [0.2, 0.25) is 5.95 Å². The molecule has 0 bridgehead atoms. The number of H-pyrrole nitrogens is 1. The zero-order chi connectivity index (χ0) is 22.1. The Morgan fingerprint density at radius 3 is 2.77 bits per heavy atom. The molecule has 2 heterocycles. The van der Waals surface area contributed by atoms with Gasteiger partial charge in [-0.15, -0.1) is 0 Å². The van der Waals surface area contributed by atoms with Crippen molar-refractivity contribution in [2.24, 2.45) is 12.1 Å². The van der Waals surface area contributed by atoms with Crippen LogP contribution in [0.15, 0.2) is 57.2 Å². The number of fused-ring (bicyclic) bond motifs is 1. The molecule has 0 saturated heterocycles. The van der Waals surface area contributed by atoms with Gasteiger partial charge in [-0.3, -0.25) is 18.9 Å². The lowest BCUT2D eigenvalue weighted by molar-refractivity contribution is 0.626. The zero-order valence-corrected chi connectivity index (χ0v) is 17.4. The SMILES string of the molecule is Cc1cccc(Cn2c(N/N=C\c3c(F)cccc3Cl)nc3c2c(=O)[nH]c(=O)n3C)c1. The Kier molecular flexibility index (Phi) is 5.43. The van der Waals surface area contributed by atoms with E-state index >= 15 is 0 Å². The van der Waals surface area contributed by atoms with Crippen molar-refractivity contribution >= 4 is 34.9 Å². The quantitative estimate of drug-likeness (QED) is 0.368. The van der Waals surface area contributed by atoms with E-state index in [0.29, 0.717) is 6.54 Å². The van der Waals surface area contributed by atoms with Crippen LogP contribution in [-0.4, -0.2) is 25.3 Å². The molecule has 0 atom stereocenters.